The van der Waals surface area contributed by atoms with Crippen LogP contribution in [0.2, 0.25) is 0 Å². The quantitative estimate of drug-likeness (QED) is 0.752. The van der Waals surface area contributed by atoms with Crippen LogP contribution in [0.3, 0.4) is 0 Å². The third-order valence-corrected chi connectivity index (χ3v) is 4.11. The summed E-state index contributed by atoms with van der Waals surface area (Å²) in [5.74, 6) is -1.20. The van der Waals surface area contributed by atoms with Gasteiger partial charge in [-0.25, -0.2) is 0 Å². The number of esters is 1. The summed E-state index contributed by atoms with van der Waals surface area (Å²) in [4.78, 5) is 36.4. The van der Waals surface area contributed by atoms with Crippen LogP contribution in [0.15, 0.2) is 48.5 Å². The molecule has 7 nitrogen and oxygen atoms in total. The zero-order chi connectivity index (χ0) is 19.2. The van der Waals surface area contributed by atoms with Gasteiger partial charge in [0.25, 0.3) is 5.91 Å². The molecule has 27 heavy (non-hydrogen) atoms. The van der Waals surface area contributed by atoms with Gasteiger partial charge in [0.15, 0.2) is 6.61 Å². The van der Waals surface area contributed by atoms with E-state index in [0.717, 1.165) is 5.56 Å². The average molecular weight is 369 g/mol. The predicted molar refractivity (Wildman–Crippen MR) is 96.5 cm³/mol. The first-order valence-corrected chi connectivity index (χ1v) is 8.50. The summed E-state index contributed by atoms with van der Waals surface area (Å²) >= 11 is 0. The van der Waals surface area contributed by atoms with Gasteiger partial charge in [-0.1, -0.05) is 36.4 Å². The fourth-order valence-electron chi connectivity index (χ4n) is 2.77. The molecule has 1 N–H and O–H groups in total. The van der Waals surface area contributed by atoms with Gasteiger partial charge in [0, 0.05) is 6.54 Å². The Hall–Kier alpha value is -3.35. The number of ether oxygens (including phenoxy) is 2. The first-order valence-electron chi connectivity index (χ1n) is 8.50. The summed E-state index contributed by atoms with van der Waals surface area (Å²) in [6.45, 7) is 0.106. The van der Waals surface area contributed by atoms with E-state index < -0.39 is 5.97 Å². The Morgan fingerprint density at radius 3 is 2.63 bits per heavy atom. The molecule has 3 rings (SSSR count). The molecule has 1 amide bonds. The van der Waals surface area contributed by atoms with Crippen molar-refractivity contribution in [1.29, 1.82) is 0 Å². The van der Waals surface area contributed by atoms with Crippen LogP contribution < -0.4 is 9.64 Å². The van der Waals surface area contributed by atoms with Crippen molar-refractivity contribution in [2.45, 2.75) is 19.4 Å². The van der Waals surface area contributed by atoms with E-state index in [9.17, 15) is 14.4 Å². The third kappa shape index (κ3) is 4.84. The minimum Gasteiger partial charge on any atom is -0.482 e. The Morgan fingerprint density at radius 2 is 1.89 bits per heavy atom. The van der Waals surface area contributed by atoms with Crippen LogP contribution >= 0.6 is 0 Å². The van der Waals surface area contributed by atoms with Crippen molar-refractivity contribution in [3.8, 4) is 5.75 Å². The van der Waals surface area contributed by atoms with Crippen LogP contribution in [-0.2, 0) is 32.1 Å². The molecular formula is C20H19NO6. The molecule has 0 radical (unpaired) electrons. The van der Waals surface area contributed by atoms with Crippen molar-refractivity contribution in [1.82, 2.24) is 0 Å². The van der Waals surface area contributed by atoms with Gasteiger partial charge in [-0.3, -0.25) is 14.4 Å². The monoisotopic (exact) mass is 369 g/mol. The third-order valence-electron chi connectivity index (χ3n) is 4.11. The number of carbonyl (C=O) groups excluding carboxylic acids is 2. The van der Waals surface area contributed by atoms with Crippen LogP contribution in [0.5, 0.6) is 5.75 Å². The highest BCUT2D eigenvalue weighted by molar-refractivity contribution is 5.98. The number of anilines is 1. The number of hydrogen-bond donors (Lipinski definition) is 1. The molecular weight excluding hydrogens is 350 g/mol. The van der Waals surface area contributed by atoms with E-state index >= 15 is 0 Å². The van der Waals surface area contributed by atoms with Gasteiger partial charge in [0.1, 0.15) is 12.4 Å². The Bertz CT molecular complexity index is 849. The van der Waals surface area contributed by atoms with E-state index in [-0.39, 0.29) is 44.5 Å². The molecule has 0 saturated heterocycles. The summed E-state index contributed by atoms with van der Waals surface area (Å²) in [7, 11) is 0. The number of carboxylic acid groups (broad SMARTS) is 1. The lowest BCUT2D eigenvalue weighted by atomic mass is 10.1. The van der Waals surface area contributed by atoms with Gasteiger partial charge in [-0.2, -0.15) is 0 Å². The van der Waals surface area contributed by atoms with E-state index in [1.54, 1.807) is 18.2 Å². The van der Waals surface area contributed by atoms with Gasteiger partial charge in [0.05, 0.1) is 18.5 Å². The van der Waals surface area contributed by atoms with Crippen molar-refractivity contribution < 1.29 is 29.0 Å². The smallest absolute Gasteiger partial charge is 0.310 e. The number of carbonyl (C=O) groups is 3. The molecule has 0 unspecified atom stereocenters. The maximum Gasteiger partial charge on any atom is 0.310 e. The number of carboxylic acids is 1. The standard InChI is InChI=1S/C20H19NO6/c22-18-13-26-17-7-6-15(10-16(17)21(18)9-8-19(23)24)11-20(25)27-12-14-4-2-1-3-5-14/h1-7,10H,8-9,11-13H2,(H,23,24). The molecule has 2 aromatic rings. The molecule has 0 aromatic heterocycles. The summed E-state index contributed by atoms with van der Waals surface area (Å²) < 4.78 is 10.7. The number of amides is 1. The van der Waals surface area contributed by atoms with E-state index in [2.05, 4.69) is 0 Å². The summed E-state index contributed by atoms with van der Waals surface area (Å²) in [6.07, 6.45) is -0.129. The SMILES string of the molecule is O=C(O)CCN1C(=O)COc2ccc(CC(=O)OCc3ccccc3)cc21. The summed E-state index contributed by atoms with van der Waals surface area (Å²) in [5.41, 5.74) is 2.03. The number of benzene rings is 2. The van der Waals surface area contributed by atoms with Gasteiger partial charge in [-0.05, 0) is 23.3 Å². The number of aliphatic carboxylic acids is 1. The molecule has 2 aromatic carbocycles. The van der Waals surface area contributed by atoms with E-state index in [0.29, 0.717) is 17.0 Å². The first-order chi connectivity index (χ1) is 13.0. The molecule has 1 aliphatic heterocycles. The molecule has 0 saturated carbocycles. The van der Waals surface area contributed by atoms with E-state index in [1.165, 1.54) is 4.90 Å². The van der Waals surface area contributed by atoms with Gasteiger partial charge < -0.3 is 19.5 Å². The first kappa shape index (κ1) is 18.4. The molecule has 1 heterocycles. The summed E-state index contributed by atoms with van der Waals surface area (Å²) in [5, 5.41) is 8.87. The van der Waals surface area contributed by atoms with Crippen LogP contribution in [0.25, 0.3) is 0 Å². The minimum atomic E-state index is -0.989. The van der Waals surface area contributed by atoms with Crippen LogP contribution in [0.1, 0.15) is 17.5 Å². The van der Waals surface area contributed by atoms with Crippen molar-refractivity contribution in [2.75, 3.05) is 18.1 Å². The van der Waals surface area contributed by atoms with Gasteiger partial charge >= 0.3 is 11.9 Å². The topological polar surface area (TPSA) is 93.1 Å². The lowest BCUT2D eigenvalue weighted by Crippen LogP contribution is -2.40. The predicted octanol–water partition coefficient (Wildman–Crippen LogP) is 2.17. The second kappa shape index (κ2) is 8.35. The van der Waals surface area contributed by atoms with E-state index in [4.69, 9.17) is 14.6 Å². The largest absolute Gasteiger partial charge is 0.482 e. The average Bonchev–Trinajstić information content (AvgIpc) is 2.66. The van der Waals surface area contributed by atoms with Crippen molar-refractivity contribution in [3.05, 3.63) is 59.7 Å². The summed E-state index contributed by atoms with van der Waals surface area (Å²) in [6, 6.07) is 14.4. The maximum absolute atomic E-state index is 12.1. The number of nitrogens with zero attached hydrogens (tertiary/aromatic N) is 1. The van der Waals surface area contributed by atoms with Crippen molar-refractivity contribution >= 4 is 23.5 Å². The Kier molecular flexibility index (Phi) is 5.71. The Balaban J connectivity index is 1.67. The minimum absolute atomic E-state index is 0.0427. The second-order valence-corrected chi connectivity index (χ2v) is 6.10. The normalized spacial score (nSPS) is 12.9. The number of hydrogen-bond acceptors (Lipinski definition) is 5. The number of rotatable bonds is 7. The molecule has 0 fully saturated rings. The van der Waals surface area contributed by atoms with Crippen molar-refractivity contribution in [2.24, 2.45) is 0 Å². The van der Waals surface area contributed by atoms with Crippen LogP contribution in [0.4, 0.5) is 5.69 Å². The number of fused-ring (bicyclic) bond motifs is 1. The second-order valence-electron chi connectivity index (χ2n) is 6.10. The Labute approximate surface area is 156 Å². The van der Waals surface area contributed by atoms with Crippen molar-refractivity contribution in [3.63, 3.8) is 0 Å². The highest BCUT2D eigenvalue weighted by Gasteiger charge is 2.26. The fraction of sp³-hybridized carbons (Fsp3) is 0.250. The highest BCUT2D eigenvalue weighted by atomic mass is 16.5. The molecule has 0 atom stereocenters. The zero-order valence-corrected chi connectivity index (χ0v) is 14.6. The zero-order valence-electron chi connectivity index (χ0n) is 14.6. The Morgan fingerprint density at radius 1 is 1.11 bits per heavy atom. The van der Waals surface area contributed by atoms with Crippen LogP contribution in [-0.4, -0.2) is 36.1 Å². The molecule has 7 heteroatoms. The van der Waals surface area contributed by atoms with Crippen LogP contribution in [0, 0.1) is 0 Å². The lowest BCUT2D eigenvalue weighted by molar-refractivity contribution is -0.144. The molecule has 0 aliphatic carbocycles. The molecule has 140 valence electrons. The molecule has 1 aliphatic rings. The van der Waals surface area contributed by atoms with Gasteiger partial charge in [0.2, 0.25) is 0 Å². The van der Waals surface area contributed by atoms with E-state index in [1.807, 2.05) is 30.3 Å². The fourth-order valence-corrected chi connectivity index (χ4v) is 2.77. The molecule has 0 spiro atoms. The van der Waals surface area contributed by atoms with Gasteiger partial charge in [-0.15, -0.1) is 0 Å². The highest BCUT2D eigenvalue weighted by Crippen LogP contribution is 2.33. The lowest BCUT2D eigenvalue weighted by Gasteiger charge is -2.29. The maximum atomic E-state index is 12.1. The molecule has 0 bridgehead atoms.